The second-order valence-electron chi connectivity index (χ2n) is 6.18. The Morgan fingerprint density at radius 1 is 1.31 bits per heavy atom. The van der Waals surface area contributed by atoms with Crippen molar-refractivity contribution in [3.63, 3.8) is 0 Å². The number of nitrogens with zero attached hydrogens (tertiary/aromatic N) is 1. The lowest BCUT2D eigenvalue weighted by Gasteiger charge is -2.04. The summed E-state index contributed by atoms with van der Waals surface area (Å²) >= 11 is 1.33. The summed E-state index contributed by atoms with van der Waals surface area (Å²) in [4.78, 5) is 31.1. The number of hydrogen-bond donors (Lipinski definition) is 1. The van der Waals surface area contributed by atoms with E-state index in [1.165, 1.54) is 11.3 Å². The lowest BCUT2D eigenvalue weighted by molar-refractivity contribution is -0.144. The van der Waals surface area contributed by atoms with E-state index in [1.54, 1.807) is 17.7 Å². The normalized spacial score (nSPS) is 11.3. The van der Waals surface area contributed by atoms with Crippen LogP contribution < -0.4 is 5.56 Å². The fourth-order valence-corrected chi connectivity index (χ4v) is 3.54. The maximum atomic E-state index is 12.2. The highest BCUT2D eigenvalue weighted by atomic mass is 32.1. The number of benzene rings is 1. The summed E-state index contributed by atoms with van der Waals surface area (Å²) < 4.78 is 11.4. The van der Waals surface area contributed by atoms with Crippen molar-refractivity contribution in [1.82, 2.24) is 9.97 Å². The van der Waals surface area contributed by atoms with Crippen LogP contribution in [0.2, 0.25) is 0 Å². The van der Waals surface area contributed by atoms with Crippen molar-refractivity contribution in [1.29, 1.82) is 0 Å². The van der Waals surface area contributed by atoms with E-state index in [4.69, 9.17) is 9.15 Å². The first-order valence-corrected chi connectivity index (χ1v) is 8.98. The monoisotopic (exact) mass is 368 g/mol. The highest BCUT2D eigenvalue weighted by Gasteiger charge is 2.14. The van der Waals surface area contributed by atoms with Crippen molar-refractivity contribution in [3.05, 3.63) is 62.7 Å². The second kappa shape index (κ2) is 6.42. The molecule has 0 unspecified atom stereocenters. The van der Waals surface area contributed by atoms with Crippen LogP contribution in [0.5, 0.6) is 0 Å². The van der Waals surface area contributed by atoms with Gasteiger partial charge in [-0.05, 0) is 48.6 Å². The molecule has 0 aliphatic heterocycles. The van der Waals surface area contributed by atoms with E-state index < -0.39 is 5.97 Å². The van der Waals surface area contributed by atoms with E-state index in [1.807, 2.05) is 26.0 Å². The van der Waals surface area contributed by atoms with Crippen LogP contribution in [0.25, 0.3) is 21.2 Å². The highest BCUT2D eigenvalue weighted by molar-refractivity contribution is 7.17. The molecule has 7 heteroatoms. The molecule has 0 saturated carbocycles. The molecule has 0 aliphatic rings. The zero-order chi connectivity index (χ0) is 18.3. The molecule has 0 spiro atoms. The van der Waals surface area contributed by atoms with E-state index in [-0.39, 0.29) is 18.6 Å². The van der Waals surface area contributed by atoms with Gasteiger partial charge in [-0.2, -0.15) is 0 Å². The molecule has 0 saturated heterocycles. The van der Waals surface area contributed by atoms with E-state index in [9.17, 15) is 9.59 Å². The van der Waals surface area contributed by atoms with Gasteiger partial charge in [0.1, 0.15) is 22.7 Å². The van der Waals surface area contributed by atoms with Gasteiger partial charge in [0.25, 0.3) is 5.56 Å². The number of aromatic amines is 1. The fraction of sp³-hybridized carbons (Fsp3) is 0.211. The molecule has 0 fully saturated rings. The number of hydrogen-bond acceptors (Lipinski definition) is 6. The number of H-pyrrole nitrogens is 1. The quantitative estimate of drug-likeness (QED) is 0.556. The van der Waals surface area contributed by atoms with Gasteiger partial charge in [0.2, 0.25) is 0 Å². The largest absolute Gasteiger partial charge is 0.464 e. The minimum atomic E-state index is -0.404. The molecular formula is C19H16N2O4S. The minimum absolute atomic E-state index is 0.0756. The SMILES string of the molecule is Cc1cc2occ(CC(=O)OCc3nc4ccsc4c(=O)[nH]3)c2cc1C. The predicted octanol–water partition coefficient (Wildman–Crippen LogP) is 3.63. The third-order valence-electron chi connectivity index (χ3n) is 4.34. The van der Waals surface area contributed by atoms with Gasteiger partial charge in [0, 0.05) is 10.9 Å². The van der Waals surface area contributed by atoms with Crippen LogP contribution in [0, 0.1) is 13.8 Å². The van der Waals surface area contributed by atoms with E-state index in [2.05, 4.69) is 9.97 Å². The van der Waals surface area contributed by atoms with Crippen LogP contribution in [-0.2, 0) is 22.6 Å². The summed E-state index contributed by atoms with van der Waals surface area (Å²) in [7, 11) is 0. The number of aromatic nitrogens is 2. The summed E-state index contributed by atoms with van der Waals surface area (Å²) in [6.07, 6.45) is 1.68. The molecule has 0 radical (unpaired) electrons. The highest BCUT2D eigenvalue weighted by Crippen LogP contribution is 2.25. The fourth-order valence-electron chi connectivity index (χ4n) is 2.82. The van der Waals surface area contributed by atoms with Crippen molar-refractivity contribution in [2.24, 2.45) is 0 Å². The van der Waals surface area contributed by atoms with Crippen molar-refractivity contribution in [3.8, 4) is 0 Å². The number of aryl methyl sites for hydroxylation is 2. The molecule has 26 heavy (non-hydrogen) atoms. The summed E-state index contributed by atoms with van der Waals surface area (Å²) in [6, 6.07) is 5.74. The van der Waals surface area contributed by atoms with Gasteiger partial charge < -0.3 is 14.1 Å². The van der Waals surface area contributed by atoms with Crippen molar-refractivity contribution in [2.45, 2.75) is 26.9 Å². The molecular weight excluding hydrogens is 352 g/mol. The number of esters is 1. The number of rotatable bonds is 4. The number of furan rings is 1. The Labute approximate surface area is 152 Å². The van der Waals surface area contributed by atoms with Crippen molar-refractivity contribution < 1.29 is 13.9 Å². The summed E-state index contributed by atoms with van der Waals surface area (Å²) in [5, 5.41) is 2.72. The van der Waals surface area contributed by atoms with Gasteiger partial charge in [-0.15, -0.1) is 11.3 Å². The maximum Gasteiger partial charge on any atom is 0.310 e. The Kier molecular flexibility index (Phi) is 4.08. The molecule has 132 valence electrons. The number of carbonyl (C=O) groups is 1. The van der Waals surface area contributed by atoms with Crippen LogP contribution in [-0.4, -0.2) is 15.9 Å². The van der Waals surface area contributed by atoms with Crippen molar-refractivity contribution >= 4 is 38.5 Å². The zero-order valence-electron chi connectivity index (χ0n) is 14.3. The Balaban J connectivity index is 1.48. The third kappa shape index (κ3) is 3.01. The van der Waals surface area contributed by atoms with Crippen LogP contribution in [0.4, 0.5) is 0 Å². The lowest BCUT2D eigenvalue weighted by Crippen LogP contribution is -2.14. The number of thiophene rings is 1. The van der Waals surface area contributed by atoms with Gasteiger partial charge in [0.15, 0.2) is 0 Å². The van der Waals surface area contributed by atoms with Gasteiger partial charge in [0.05, 0.1) is 18.2 Å². The summed E-state index contributed by atoms with van der Waals surface area (Å²) in [5.74, 6) is -0.0724. The van der Waals surface area contributed by atoms with Gasteiger partial charge in [-0.25, -0.2) is 4.98 Å². The smallest absolute Gasteiger partial charge is 0.310 e. The third-order valence-corrected chi connectivity index (χ3v) is 5.24. The second-order valence-corrected chi connectivity index (χ2v) is 7.09. The number of nitrogens with one attached hydrogen (secondary N) is 1. The molecule has 3 aromatic heterocycles. The summed E-state index contributed by atoms with van der Waals surface area (Å²) in [5.41, 5.74) is 4.20. The molecule has 0 atom stereocenters. The molecule has 3 heterocycles. The molecule has 1 aromatic carbocycles. The molecule has 1 N–H and O–H groups in total. The number of carbonyl (C=O) groups excluding carboxylic acids is 1. The zero-order valence-corrected chi connectivity index (χ0v) is 15.1. The van der Waals surface area contributed by atoms with E-state index in [0.717, 1.165) is 27.7 Å². The van der Waals surface area contributed by atoms with Crippen molar-refractivity contribution in [2.75, 3.05) is 0 Å². The Morgan fingerprint density at radius 3 is 2.96 bits per heavy atom. The first kappa shape index (κ1) is 16.5. The summed E-state index contributed by atoms with van der Waals surface area (Å²) in [6.45, 7) is 3.96. The standard InChI is InChI=1S/C19H16N2O4S/c1-10-5-13-12(8-24-15(13)6-11(10)2)7-17(22)25-9-16-20-14-3-4-26-18(14)19(23)21-16/h3-6,8H,7,9H2,1-2H3,(H,20,21,23). The molecule has 0 bridgehead atoms. The molecule has 4 rings (SSSR count). The van der Waals surface area contributed by atoms with Crippen LogP contribution in [0.3, 0.4) is 0 Å². The maximum absolute atomic E-state index is 12.2. The Hall–Kier alpha value is -2.93. The molecule has 0 amide bonds. The van der Waals surface area contributed by atoms with Crippen LogP contribution in [0.1, 0.15) is 22.5 Å². The Bertz CT molecular complexity index is 1190. The number of ether oxygens (including phenoxy) is 1. The van der Waals surface area contributed by atoms with Gasteiger partial charge in [-0.1, -0.05) is 0 Å². The lowest BCUT2D eigenvalue weighted by atomic mass is 10.0. The molecule has 0 aliphatic carbocycles. The predicted molar refractivity (Wildman–Crippen MR) is 99.4 cm³/mol. The van der Waals surface area contributed by atoms with E-state index >= 15 is 0 Å². The number of fused-ring (bicyclic) bond motifs is 2. The molecule has 6 nitrogen and oxygen atoms in total. The van der Waals surface area contributed by atoms with Crippen LogP contribution >= 0.6 is 11.3 Å². The average Bonchev–Trinajstić information content (AvgIpc) is 3.22. The van der Waals surface area contributed by atoms with Gasteiger partial charge >= 0.3 is 5.97 Å². The topological polar surface area (TPSA) is 85.2 Å². The Morgan fingerprint density at radius 2 is 2.12 bits per heavy atom. The minimum Gasteiger partial charge on any atom is -0.464 e. The van der Waals surface area contributed by atoms with Crippen LogP contribution in [0.15, 0.2) is 39.1 Å². The first-order chi connectivity index (χ1) is 12.5. The van der Waals surface area contributed by atoms with E-state index in [0.29, 0.717) is 16.0 Å². The van der Waals surface area contributed by atoms with Gasteiger partial charge in [-0.3, -0.25) is 9.59 Å². The average molecular weight is 368 g/mol. The first-order valence-electron chi connectivity index (χ1n) is 8.10. The molecule has 4 aromatic rings.